The predicted molar refractivity (Wildman–Crippen MR) is 174 cm³/mol. The summed E-state index contributed by atoms with van der Waals surface area (Å²) in [7, 11) is 1.65. The van der Waals surface area contributed by atoms with Crippen LogP contribution < -0.4 is 25.3 Å². The van der Waals surface area contributed by atoms with Gasteiger partial charge in [-0.2, -0.15) is 0 Å². The number of carbonyl (C=O) groups is 2. The van der Waals surface area contributed by atoms with E-state index in [-0.39, 0.29) is 11.7 Å². The number of esters is 1. The molecular weight excluding hydrogens is 600 g/mol. The maximum atomic E-state index is 13.9. The van der Waals surface area contributed by atoms with Gasteiger partial charge in [-0.25, -0.2) is 4.79 Å². The molecule has 0 radical (unpaired) electrons. The molecule has 3 heterocycles. The van der Waals surface area contributed by atoms with Crippen LogP contribution in [-0.4, -0.2) is 40.3 Å². The van der Waals surface area contributed by atoms with Crippen molar-refractivity contribution in [3.63, 3.8) is 0 Å². The summed E-state index contributed by atoms with van der Waals surface area (Å²) in [6, 6.07) is 18.1. The zero-order valence-electron chi connectivity index (χ0n) is 26.3. The molecule has 11 nitrogen and oxygen atoms in total. The summed E-state index contributed by atoms with van der Waals surface area (Å²) in [5.74, 6) is 1.13. The second kappa shape index (κ2) is 12.8. The molecule has 1 atom stereocenters. The molecule has 1 aliphatic heterocycles. The van der Waals surface area contributed by atoms with E-state index in [2.05, 4.69) is 32.2 Å². The Bertz CT molecular complexity index is 2000. The summed E-state index contributed by atoms with van der Waals surface area (Å²) in [5.41, 5.74) is 5.78. The first-order valence-corrected chi connectivity index (χ1v) is 16.0. The van der Waals surface area contributed by atoms with Crippen LogP contribution in [0.5, 0.6) is 17.2 Å². The van der Waals surface area contributed by atoms with Gasteiger partial charge in [-0.1, -0.05) is 42.6 Å². The smallest absolute Gasteiger partial charge is 0.438 e. The van der Waals surface area contributed by atoms with Crippen molar-refractivity contribution in [3.8, 4) is 28.5 Å². The number of carbonyl (C=O) groups excluding carboxylic acids is 2. The van der Waals surface area contributed by atoms with Gasteiger partial charge in [-0.05, 0) is 66.3 Å². The maximum absolute atomic E-state index is 13.9. The summed E-state index contributed by atoms with van der Waals surface area (Å²) < 4.78 is 23.9. The van der Waals surface area contributed by atoms with Gasteiger partial charge in [-0.15, -0.1) is 0 Å². The van der Waals surface area contributed by atoms with Crippen molar-refractivity contribution in [2.24, 2.45) is 0 Å². The normalized spacial score (nSPS) is 15.2. The highest BCUT2D eigenvalue weighted by Gasteiger charge is 2.30. The number of fused-ring (bicyclic) bond motifs is 5. The first kappa shape index (κ1) is 30.3. The molecule has 11 heteroatoms. The van der Waals surface area contributed by atoms with Crippen LogP contribution in [0.2, 0.25) is 0 Å². The first-order chi connectivity index (χ1) is 22.9. The Morgan fingerprint density at radius 3 is 2.55 bits per heavy atom. The third kappa shape index (κ3) is 6.13. The molecule has 0 unspecified atom stereocenters. The number of benzene rings is 3. The number of methoxy groups -OCH3 is 1. The van der Waals surface area contributed by atoms with Gasteiger partial charge >= 0.3 is 11.7 Å². The van der Waals surface area contributed by atoms with Gasteiger partial charge in [0.25, 0.3) is 5.91 Å². The second-order valence-electron chi connectivity index (χ2n) is 12.1. The largest absolute Gasteiger partial charge is 0.497 e. The van der Waals surface area contributed by atoms with Gasteiger partial charge in [0.05, 0.1) is 25.4 Å². The summed E-state index contributed by atoms with van der Waals surface area (Å²) in [4.78, 5) is 39.6. The van der Waals surface area contributed by atoms with Crippen LogP contribution in [0.4, 0.5) is 0 Å². The molecule has 2 aromatic heterocycles. The number of ether oxygens (including phenoxy) is 3. The number of amides is 1. The SMILES string of the molecule is COc1ccc2c(c1)OCCn1c-2c(C2CCCCC2)c2ccc(C(=O)N[C@@H](Cc3ccc(OC(C)=O)cc3)c3noc(=O)[nH]3)cc21. The highest BCUT2D eigenvalue weighted by atomic mass is 16.5. The fraction of sp³-hybridized carbons (Fsp3) is 0.333. The molecule has 0 saturated heterocycles. The lowest BCUT2D eigenvalue weighted by molar-refractivity contribution is -0.131. The second-order valence-corrected chi connectivity index (χ2v) is 12.1. The van der Waals surface area contributed by atoms with Crippen LogP contribution in [-0.2, 0) is 17.8 Å². The van der Waals surface area contributed by atoms with Crippen LogP contribution in [0.1, 0.15) is 78.3 Å². The lowest BCUT2D eigenvalue weighted by atomic mass is 9.81. The van der Waals surface area contributed by atoms with E-state index in [9.17, 15) is 14.4 Å². The molecule has 1 fully saturated rings. The molecule has 2 N–H and O–H groups in total. The van der Waals surface area contributed by atoms with Crippen molar-refractivity contribution in [2.45, 2.75) is 64.0 Å². The molecule has 2 aliphatic rings. The number of hydrogen-bond acceptors (Lipinski definition) is 8. The Morgan fingerprint density at radius 2 is 1.83 bits per heavy atom. The summed E-state index contributed by atoms with van der Waals surface area (Å²) >= 11 is 0. The Labute approximate surface area is 270 Å². The molecule has 0 spiro atoms. The Kier molecular flexibility index (Phi) is 8.28. The molecule has 5 aromatic rings. The minimum Gasteiger partial charge on any atom is -0.497 e. The van der Waals surface area contributed by atoms with E-state index in [1.165, 1.54) is 31.7 Å². The fourth-order valence-corrected chi connectivity index (χ4v) is 6.98. The van der Waals surface area contributed by atoms with Gasteiger partial charge in [0, 0.05) is 41.4 Å². The average molecular weight is 637 g/mol. The zero-order valence-corrected chi connectivity index (χ0v) is 26.3. The third-order valence-electron chi connectivity index (χ3n) is 9.11. The molecule has 3 aromatic carbocycles. The van der Waals surface area contributed by atoms with Crippen molar-refractivity contribution in [1.82, 2.24) is 20.0 Å². The Hall–Kier alpha value is -5.32. The predicted octanol–water partition coefficient (Wildman–Crippen LogP) is 6.07. The van der Waals surface area contributed by atoms with Gasteiger partial charge in [0.1, 0.15) is 23.9 Å². The van der Waals surface area contributed by atoms with E-state index in [1.54, 1.807) is 31.4 Å². The summed E-state index contributed by atoms with van der Waals surface area (Å²) in [6.07, 6.45) is 6.20. The molecule has 1 saturated carbocycles. The van der Waals surface area contributed by atoms with Crippen molar-refractivity contribution < 1.29 is 28.3 Å². The number of nitrogens with one attached hydrogen (secondary N) is 2. The number of nitrogens with zero attached hydrogens (tertiary/aromatic N) is 2. The van der Waals surface area contributed by atoms with Crippen LogP contribution in [0.3, 0.4) is 0 Å². The summed E-state index contributed by atoms with van der Waals surface area (Å²) in [6.45, 7) is 2.45. The van der Waals surface area contributed by atoms with Gasteiger partial charge in [0.2, 0.25) is 0 Å². The van der Waals surface area contributed by atoms with E-state index >= 15 is 0 Å². The molecule has 1 aliphatic carbocycles. The van der Waals surface area contributed by atoms with E-state index in [1.807, 2.05) is 24.3 Å². The van der Waals surface area contributed by atoms with Crippen molar-refractivity contribution in [1.29, 1.82) is 0 Å². The van der Waals surface area contributed by atoms with Crippen LogP contribution in [0, 0.1) is 0 Å². The standard InChI is InChI=1S/C36H36N4O7/c1-21(41)46-25-11-8-22(9-12-25)18-29(34-38-36(43)47-39-34)37-35(42)24-10-14-27-30(19-24)40-16-17-45-31-20-26(44-2)13-15-28(31)33(40)32(27)23-6-4-3-5-7-23/h8-15,19-20,23,29H,3-7,16-18H2,1-2H3,(H,37,42)(H,38,39,43)/t29-/m0/s1. The molecule has 0 bridgehead atoms. The van der Waals surface area contributed by atoms with Crippen molar-refractivity contribution in [3.05, 3.63) is 93.7 Å². The quantitative estimate of drug-likeness (QED) is 0.155. The monoisotopic (exact) mass is 636 g/mol. The number of hydrogen-bond donors (Lipinski definition) is 2. The lowest BCUT2D eigenvalue weighted by Gasteiger charge is -2.23. The van der Waals surface area contributed by atoms with Gasteiger partial charge in [-0.3, -0.25) is 19.1 Å². The van der Waals surface area contributed by atoms with Crippen LogP contribution in [0.15, 0.2) is 70.0 Å². The van der Waals surface area contributed by atoms with Gasteiger partial charge in [0.15, 0.2) is 5.82 Å². The summed E-state index contributed by atoms with van der Waals surface area (Å²) in [5, 5.41) is 8.07. The van der Waals surface area contributed by atoms with Crippen LogP contribution >= 0.6 is 0 Å². The van der Waals surface area contributed by atoms with E-state index in [4.69, 9.17) is 18.7 Å². The fourth-order valence-electron chi connectivity index (χ4n) is 6.98. The van der Waals surface area contributed by atoms with Gasteiger partial charge < -0.3 is 24.1 Å². The minimum absolute atomic E-state index is 0.203. The van der Waals surface area contributed by atoms with Crippen LogP contribution in [0.25, 0.3) is 22.2 Å². The number of rotatable bonds is 8. The van der Waals surface area contributed by atoms with E-state index < -0.39 is 17.8 Å². The van der Waals surface area contributed by atoms with E-state index in [0.717, 1.165) is 52.1 Å². The van der Waals surface area contributed by atoms with Crippen molar-refractivity contribution in [2.75, 3.05) is 13.7 Å². The minimum atomic E-state index is -0.711. The number of aromatic nitrogens is 3. The molecule has 242 valence electrons. The number of H-pyrrole nitrogens is 1. The molecule has 1 amide bonds. The molecular formula is C36H36N4O7. The Morgan fingerprint density at radius 1 is 1.04 bits per heavy atom. The first-order valence-electron chi connectivity index (χ1n) is 16.0. The third-order valence-corrected chi connectivity index (χ3v) is 9.11. The maximum Gasteiger partial charge on any atom is 0.438 e. The topological polar surface area (TPSA) is 138 Å². The molecule has 47 heavy (non-hydrogen) atoms. The number of aromatic amines is 1. The Balaban J connectivity index is 1.25. The average Bonchev–Trinajstić information content (AvgIpc) is 3.60. The zero-order chi connectivity index (χ0) is 32.5. The van der Waals surface area contributed by atoms with Crippen molar-refractivity contribution >= 4 is 22.8 Å². The highest BCUT2D eigenvalue weighted by Crippen LogP contribution is 2.47. The lowest BCUT2D eigenvalue weighted by Crippen LogP contribution is -2.31. The highest BCUT2D eigenvalue weighted by molar-refractivity contribution is 6.01. The van der Waals surface area contributed by atoms with E-state index in [0.29, 0.717) is 36.8 Å². The molecule has 7 rings (SSSR count).